The van der Waals surface area contributed by atoms with Crippen LogP contribution in [0.25, 0.3) is 10.1 Å². The number of rotatable bonds is 1. The van der Waals surface area contributed by atoms with Crippen molar-refractivity contribution in [2.75, 3.05) is 0 Å². The van der Waals surface area contributed by atoms with Crippen LogP contribution < -0.4 is 5.56 Å². The summed E-state index contributed by atoms with van der Waals surface area (Å²) in [7, 11) is 0. The molecule has 0 saturated heterocycles. The lowest BCUT2D eigenvalue weighted by Crippen LogP contribution is -2.05. The molecule has 0 amide bonds. The minimum absolute atomic E-state index is 0.0145. The Hall–Kier alpha value is -1.09. The lowest BCUT2D eigenvalue weighted by atomic mass is 10.1. The predicted molar refractivity (Wildman–Crippen MR) is 56.5 cm³/mol. The fraction of sp³-hybridized carbons (Fsp3) is 0.300. The lowest BCUT2D eigenvalue weighted by Gasteiger charge is -2.04. The summed E-state index contributed by atoms with van der Waals surface area (Å²) in [6.45, 7) is 4.26. The fourth-order valence-electron chi connectivity index (χ4n) is 1.43. The van der Waals surface area contributed by atoms with E-state index in [0.717, 1.165) is 10.1 Å². The van der Waals surface area contributed by atoms with Crippen molar-refractivity contribution in [1.82, 2.24) is 4.98 Å². The second-order valence-electron chi connectivity index (χ2n) is 3.39. The number of fused-ring (bicyclic) bond motifs is 1. The molecule has 0 saturated carbocycles. The van der Waals surface area contributed by atoms with Crippen LogP contribution in [0.4, 0.5) is 0 Å². The molecule has 2 aromatic heterocycles. The Balaban J connectivity index is 2.86. The van der Waals surface area contributed by atoms with Crippen LogP contribution in [-0.2, 0) is 0 Å². The summed E-state index contributed by atoms with van der Waals surface area (Å²) >= 11 is 1.64. The summed E-state index contributed by atoms with van der Waals surface area (Å²) in [6.07, 6.45) is 1.83. The zero-order valence-electron chi connectivity index (χ0n) is 7.63. The highest BCUT2D eigenvalue weighted by molar-refractivity contribution is 7.17. The van der Waals surface area contributed by atoms with Crippen molar-refractivity contribution in [3.63, 3.8) is 0 Å². The van der Waals surface area contributed by atoms with Gasteiger partial charge in [-0.1, -0.05) is 13.8 Å². The number of hydrogen-bond donors (Lipinski definition) is 1. The first-order chi connectivity index (χ1) is 6.20. The summed E-state index contributed by atoms with van der Waals surface area (Å²) < 4.78 is 1.12. The SMILES string of the molecule is CC(C)c1c[nH]c(=O)c2ccsc12. The average molecular weight is 193 g/mol. The standard InChI is InChI=1S/C10H11NOS/c1-6(2)8-5-11-10(12)7-3-4-13-9(7)8/h3-6H,1-2H3,(H,11,12). The van der Waals surface area contributed by atoms with Gasteiger partial charge in [-0.2, -0.15) is 0 Å². The maximum absolute atomic E-state index is 11.4. The van der Waals surface area contributed by atoms with Gasteiger partial charge in [0, 0.05) is 10.9 Å². The van der Waals surface area contributed by atoms with Crippen LogP contribution in [-0.4, -0.2) is 4.98 Å². The van der Waals surface area contributed by atoms with E-state index in [4.69, 9.17) is 0 Å². The van der Waals surface area contributed by atoms with Crippen LogP contribution in [0, 0.1) is 0 Å². The highest BCUT2D eigenvalue weighted by atomic mass is 32.1. The molecule has 0 unspecified atom stereocenters. The van der Waals surface area contributed by atoms with E-state index in [1.54, 1.807) is 11.3 Å². The molecule has 0 radical (unpaired) electrons. The van der Waals surface area contributed by atoms with E-state index >= 15 is 0 Å². The molecule has 0 aromatic carbocycles. The molecule has 13 heavy (non-hydrogen) atoms. The zero-order chi connectivity index (χ0) is 9.42. The van der Waals surface area contributed by atoms with Crippen LogP contribution >= 0.6 is 11.3 Å². The first-order valence-corrected chi connectivity index (χ1v) is 5.17. The minimum atomic E-state index is 0.0145. The van der Waals surface area contributed by atoms with Crippen LogP contribution in [0.3, 0.4) is 0 Å². The van der Waals surface area contributed by atoms with Crippen molar-refractivity contribution in [3.05, 3.63) is 33.6 Å². The number of hydrogen-bond acceptors (Lipinski definition) is 2. The molecule has 0 aliphatic rings. The third-order valence-electron chi connectivity index (χ3n) is 2.15. The highest BCUT2D eigenvalue weighted by Gasteiger charge is 2.08. The molecule has 2 heterocycles. The third-order valence-corrected chi connectivity index (χ3v) is 3.12. The monoisotopic (exact) mass is 193 g/mol. The molecular formula is C10H11NOS. The molecule has 3 heteroatoms. The number of H-pyrrole nitrogens is 1. The van der Waals surface area contributed by atoms with E-state index in [9.17, 15) is 4.79 Å². The van der Waals surface area contributed by atoms with Gasteiger partial charge in [0.1, 0.15) is 0 Å². The van der Waals surface area contributed by atoms with Crippen molar-refractivity contribution < 1.29 is 0 Å². The molecule has 2 rings (SSSR count). The smallest absolute Gasteiger partial charge is 0.256 e. The number of aromatic amines is 1. The largest absolute Gasteiger partial charge is 0.328 e. The van der Waals surface area contributed by atoms with E-state index in [0.29, 0.717) is 5.92 Å². The Morgan fingerprint density at radius 3 is 2.92 bits per heavy atom. The third kappa shape index (κ3) is 1.29. The number of nitrogens with one attached hydrogen (secondary N) is 1. The second-order valence-corrected chi connectivity index (χ2v) is 4.31. The first kappa shape index (κ1) is 8.51. The summed E-state index contributed by atoms with van der Waals surface area (Å²) in [6, 6.07) is 1.88. The van der Waals surface area contributed by atoms with Gasteiger partial charge >= 0.3 is 0 Å². The van der Waals surface area contributed by atoms with Gasteiger partial charge in [0.15, 0.2) is 0 Å². The first-order valence-electron chi connectivity index (χ1n) is 4.29. The molecule has 0 spiro atoms. The number of thiophene rings is 1. The molecule has 2 nitrogen and oxygen atoms in total. The quantitative estimate of drug-likeness (QED) is 0.742. The second kappa shape index (κ2) is 3.00. The minimum Gasteiger partial charge on any atom is -0.328 e. The molecule has 0 fully saturated rings. The molecule has 0 bridgehead atoms. The Labute approximate surface area is 80.2 Å². The maximum atomic E-state index is 11.4. The van der Waals surface area contributed by atoms with Crippen LogP contribution in [0.1, 0.15) is 25.3 Å². The molecule has 2 aromatic rings. The van der Waals surface area contributed by atoms with Crippen LogP contribution in [0.2, 0.25) is 0 Å². The molecule has 0 aliphatic carbocycles. The van der Waals surface area contributed by atoms with Crippen molar-refractivity contribution in [2.24, 2.45) is 0 Å². The van der Waals surface area contributed by atoms with E-state index in [2.05, 4.69) is 18.8 Å². The van der Waals surface area contributed by atoms with Gasteiger partial charge in [-0.05, 0) is 22.9 Å². The average Bonchev–Trinajstić information content (AvgIpc) is 2.53. The van der Waals surface area contributed by atoms with Crippen molar-refractivity contribution >= 4 is 21.4 Å². The van der Waals surface area contributed by atoms with Gasteiger partial charge < -0.3 is 4.98 Å². The summed E-state index contributed by atoms with van der Waals surface area (Å²) in [5.41, 5.74) is 1.24. The summed E-state index contributed by atoms with van der Waals surface area (Å²) in [4.78, 5) is 14.1. The Morgan fingerprint density at radius 2 is 2.23 bits per heavy atom. The predicted octanol–water partition coefficient (Wildman–Crippen LogP) is 2.71. The van der Waals surface area contributed by atoms with Gasteiger partial charge in [-0.3, -0.25) is 4.79 Å². The van der Waals surface area contributed by atoms with Gasteiger partial charge in [0.05, 0.1) is 5.39 Å². The molecule has 1 N–H and O–H groups in total. The Kier molecular flexibility index (Phi) is 1.96. The van der Waals surface area contributed by atoms with Gasteiger partial charge in [-0.15, -0.1) is 11.3 Å². The van der Waals surface area contributed by atoms with Gasteiger partial charge in [-0.25, -0.2) is 0 Å². The van der Waals surface area contributed by atoms with Gasteiger partial charge in [0.2, 0.25) is 0 Å². The Morgan fingerprint density at radius 1 is 1.46 bits per heavy atom. The van der Waals surface area contributed by atoms with E-state index in [-0.39, 0.29) is 5.56 Å². The normalized spacial score (nSPS) is 11.3. The highest BCUT2D eigenvalue weighted by Crippen LogP contribution is 2.26. The van der Waals surface area contributed by atoms with Crippen molar-refractivity contribution in [3.8, 4) is 0 Å². The molecule has 68 valence electrons. The zero-order valence-corrected chi connectivity index (χ0v) is 8.44. The number of aromatic nitrogens is 1. The fourth-order valence-corrected chi connectivity index (χ4v) is 2.49. The number of pyridine rings is 1. The molecule has 0 atom stereocenters. The van der Waals surface area contributed by atoms with Crippen LogP contribution in [0.5, 0.6) is 0 Å². The molecular weight excluding hydrogens is 182 g/mol. The lowest BCUT2D eigenvalue weighted by molar-refractivity contribution is 0.869. The van der Waals surface area contributed by atoms with E-state index in [1.807, 2.05) is 17.6 Å². The van der Waals surface area contributed by atoms with Crippen molar-refractivity contribution in [2.45, 2.75) is 19.8 Å². The molecule has 0 aliphatic heterocycles. The van der Waals surface area contributed by atoms with Crippen LogP contribution in [0.15, 0.2) is 22.4 Å². The maximum Gasteiger partial charge on any atom is 0.256 e. The van der Waals surface area contributed by atoms with E-state index < -0.39 is 0 Å². The Bertz CT molecular complexity index is 481. The topological polar surface area (TPSA) is 32.9 Å². The van der Waals surface area contributed by atoms with Crippen molar-refractivity contribution in [1.29, 1.82) is 0 Å². The summed E-state index contributed by atoms with van der Waals surface area (Å²) in [5.74, 6) is 0.456. The van der Waals surface area contributed by atoms with E-state index in [1.165, 1.54) is 5.56 Å². The summed E-state index contributed by atoms with van der Waals surface area (Å²) in [5, 5.41) is 2.78. The van der Waals surface area contributed by atoms with Gasteiger partial charge in [0.25, 0.3) is 5.56 Å².